The van der Waals surface area contributed by atoms with Crippen molar-refractivity contribution >= 4 is 39.5 Å². The molecule has 6 heteroatoms. The second kappa shape index (κ2) is 6.80. The highest BCUT2D eigenvalue weighted by Crippen LogP contribution is 2.28. The molecule has 1 N–H and O–H groups in total. The van der Waals surface area contributed by atoms with Crippen molar-refractivity contribution in [1.82, 2.24) is 4.98 Å². The summed E-state index contributed by atoms with van der Waals surface area (Å²) in [6, 6.07) is 3.58. The number of carbonyl (C=O) groups excluding carboxylic acids is 1. The Kier molecular flexibility index (Phi) is 5.07. The van der Waals surface area contributed by atoms with E-state index in [4.69, 9.17) is 0 Å². The average molecular weight is 281 g/mol. The zero-order chi connectivity index (χ0) is 12.8. The van der Waals surface area contributed by atoms with Crippen LogP contribution in [0.3, 0.4) is 0 Å². The number of thioether (sulfide) groups is 2. The van der Waals surface area contributed by atoms with Gasteiger partial charge in [-0.1, -0.05) is 30.4 Å². The first-order chi connectivity index (χ1) is 8.79. The Morgan fingerprint density at radius 1 is 1.56 bits per heavy atom. The van der Waals surface area contributed by atoms with Crippen molar-refractivity contribution in [2.24, 2.45) is 4.99 Å². The molecule has 18 heavy (non-hydrogen) atoms. The molecule has 0 radical (unpaired) electrons. The van der Waals surface area contributed by atoms with Crippen molar-refractivity contribution < 1.29 is 4.79 Å². The number of rotatable bonds is 4. The molecule has 0 saturated heterocycles. The normalized spacial score (nSPS) is 16.2. The van der Waals surface area contributed by atoms with Gasteiger partial charge in [-0.15, -0.1) is 0 Å². The fourth-order valence-electron chi connectivity index (χ4n) is 1.49. The van der Waals surface area contributed by atoms with Crippen LogP contribution in [0.5, 0.6) is 0 Å². The van der Waals surface area contributed by atoms with Gasteiger partial charge in [0.25, 0.3) is 0 Å². The minimum Gasteiger partial charge on any atom is -0.325 e. The highest BCUT2D eigenvalue weighted by atomic mass is 32.2. The number of hydrogen-bond donors (Lipinski definition) is 1. The monoisotopic (exact) mass is 281 g/mol. The van der Waals surface area contributed by atoms with Crippen molar-refractivity contribution in [3.63, 3.8) is 0 Å². The van der Waals surface area contributed by atoms with Gasteiger partial charge in [0.1, 0.15) is 4.38 Å². The molecule has 1 unspecified atom stereocenters. The molecule has 1 atom stereocenters. The van der Waals surface area contributed by atoms with Gasteiger partial charge in [-0.05, 0) is 18.6 Å². The molecule has 0 aromatic carbocycles. The Hall–Kier alpha value is -1.01. The van der Waals surface area contributed by atoms with E-state index in [9.17, 15) is 4.79 Å². The van der Waals surface area contributed by atoms with Crippen LogP contribution in [-0.4, -0.2) is 32.8 Å². The molecule has 96 valence electrons. The Morgan fingerprint density at radius 2 is 2.33 bits per heavy atom. The van der Waals surface area contributed by atoms with Gasteiger partial charge < -0.3 is 5.32 Å². The second-order valence-electron chi connectivity index (χ2n) is 3.74. The molecule has 2 rings (SSSR count). The number of pyridine rings is 1. The van der Waals surface area contributed by atoms with E-state index in [2.05, 4.69) is 15.3 Å². The van der Waals surface area contributed by atoms with Crippen molar-refractivity contribution in [3.8, 4) is 0 Å². The number of amides is 1. The van der Waals surface area contributed by atoms with E-state index >= 15 is 0 Å². The second-order valence-corrected chi connectivity index (χ2v) is 6.27. The van der Waals surface area contributed by atoms with Crippen molar-refractivity contribution in [1.29, 1.82) is 0 Å². The van der Waals surface area contributed by atoms with Crippen LogP contribution in [0, 0.1) is 0 Å². The number of anilines is 1. The van der Waals surface area contributed by atoms with E-state index in [1.54, 1.807) is 48.1 Å². The zero-order valence-electron chi connectivity index (χ0n) is 10.1. The number of carbonyl (C=O) groups is 1. The van der Waals surface area contributed by atoms with Gasteiger partial charge in [0.05, 0.1) is 11.8 Å². The molecule has 2 heterocycles. The molecule has 1 amide bonds. The van der Waals surface area contributed by atoms with Crippen molar-refractivity contribution in [2.45, 2.75) is 18.6 Å². The number of nitrogens with zero attached hydrogens (tertiary/aromatic N) is 2. The number of aromatic nitrogens is 1. The first-order valence-electron chi connectivity index (χ1n) is 5.84. The molecule has 0 fully saturated rings. The minimum atomic E-state index is -0.0810. The lowest BCUT2D eigenvalue weighted by Gasteiger charge is -2.14. The molecule has 1 aromatic heterocycles. The van der Waals surface area contributed by atoms with Crippen molar-refractivity contribution in [2.75, 3.05) is 17.6 Å². The summed E-state index contributed by atoms with van der Waals surface area (Å²) in [5.74, 6) is 1.06. The Morgan fingerprint density at radius 3 is 2.94 bits per heavy atom. The van der Waals surface area contributed by atoms with E-state index in [0.717, 1.165) is 28.8 Å². The first-order valence-corrected chi connectivity index (χ1v) is 7.71. The van der Waals surface area contributed by atoms with E-state index in [1.807, 2.05) is 6.92 Å². The third-order valence-corrected chi connectivity index (χ3v) is 4.98. The summed E-state index contributed by atoms with van der Waals surface area (Å²) in [5.41, 5.74) is 0.787. The van der Waals surface area contributed by atoms with Crippen molar-refractivity contribution in [3.05, 3.63) is 24.5 Å². The summed E-state index contributed by atoms with van der Waals surface area (Å²) in [5, 5.41) is 2.82. The Balaban J connectivity index is 1.93. The van der Waals surface area contributed by atoms with Gasteiger partial charge in [0, 0.05) is 23.8 Å². The Labute approximate surface area is 115 Å². The maximum absolute atomic E-state index is 12.1. The standard InChI is InChI=1S/C12H15N3OS2/c1-2-10(18-12-14-7-8-17-12)11(16)15-9-3-5-13-6-4-9/h3-6,10H,2,7-8H2,1H3,(H,13,15,16). The first kappa shape index (κ1) is 13.4. The molecule has 0 saturated carbocycles. The summed E-state index contributed by atoms with van der Waals surface area (Å²) in [7, 11) is 0. The van der Waals surface area contributed by atoms with Crippen LogP contribution in [0.1, 0.15) is 13.3 Å². The van der Waals surface area contributed by atoms with E-state index in [1.165, 1.54) is 0 Å². The van der Waals surface area contributed by atoms with Crippen LogP contribution in [-0.2, 0) is 4.79 Å². The van der Waals surface area contributed by atoms with Gasteiger partial charge in [-0.3, -0.25) is 14.8 Å². The van der Waals surface area contributed by atoms with E-state index in [0.29, 0.717) is 0 Å². The van der Waals surface area contributed by atoms with Crippen LogP contribution in [0.25, 0.3) is 0 Å². The summed E-state index contributed by atoms with van der Waals surface area (Å²) in [6.45, 7) is 2.89. The van der Waals surface area contributed by atoms with Gasteiger partial charge >= 0.3 is 0 Å². The maximum Gasteiger partial charge on any atom is 0.237 e. The molecule has 0 bridgehead atoms. The van der Waals surface area contributed by atoms with Gasteiger partial charge in [-0.2, -0.15) is 0 Å². The molecule has 1 aromatic rings. The summed E-state index contributed by atoms with van der Waals surface area (Å²) in [6.07, 6.45) is 4.13. The Bertz CT molecular complexity index is 436. The average Bonchev–Trinajstić information content (AvgIpc) is 2.90. The predicted octanol–water partition coefficient (Wildman–Crippen LogP) is 2.63. The van der Waals surface area contributed by atoms with Crippen LogP contribution in [0.15, 0.2) is 29.5 Å². The number of nitrogens with one attached hydrogen (secondary N) is 1. The molecule has 4 nitrogen and oxygen atoms in total. The molecular formula is C12H15N3OS2. The van der Waals surface area contributed by atoms with Crippen LogP contribution in [0.4, 0.5) is 5.69 Å². The lowest BCUT2D eigenvalue weighted by molar-refractivity contribution is -0.115. The van der Waals surface area contributed by atoms with Gasteiger partial charge in [-0.25, -0.2) is 0 Å². The molecule has 1 aliphatic heterocycles. The molecule has 0 spiro atoms. The fraction of sp³-hybridized carbons (Fsp3) is 0.417. The number of hydrogen-bond acceptors (Lipinski definition) is 5. The lowest BCUT2D eigenvalue weighted by Crippen LogP contribution is -2.25. The highest BCUT2D eigenvalue weighted by molar-refractivity contribution is 8.39. The molecular weight excluding hydrogens is 266 g/mol. The topological polar surface area (TPSA) is 54.4 Å². The predicted molar refractivity (Wildman–Crippen MR) is 79.3 cm³/mol. The maximum atomic E-state index is 12.1. The van der Waals surface area contributed by atoms with Crippen LogP contribution >= 0.6 is 23.5 Å². The molecule has 0 aliphatic carbocycles. The van der Waals surface area contributed by atoms with Crippen LogP contribution < -0.4 is 5.32 Å². The third kappa shape index (κ3) is 3.74. The summed E-state index contributed by atoms with van der Waals surface area (Å²) in [4.78, 5) is 20.4. The van der Waals surface area contributed by atoms with E-state index in [-0.39, 0.29) is 11.2 Å². The summed E-state index contributed by atoms with van der Waals surface area (Å²) < 4.78 is 1.03. The quantitative estimate of drug-likeness (QED) is 0.922. The van der Waals surface area contributed by atoms with Gasteiger partial charge in [0.2, 0.25) is 5.91 Å². The highest BCUT2D eigenvalue weighted by Gasteiger charge is 2.21. The third-order valence-electron chi connectivity index (χ3n) is 2.41. The molecule has 1 aliphatic rings. The SMILES string of the molecule is CCC(SC1=NCCS1)C(=O)Nc1ccncc1. The fourth-order valence-corrected chi connectivity index (χ4v) is 3.64. The minimum absolute atomic E-state index is 0.0314. The summed E-state index contributed by atoms with van der Waals surface area (Å²) >= 11 is 3.30. The van der Waals surface area contributed by atoms with E-state index < -0.39 is 0 Å². The zero-order valence-corrected chi connectivity index (χ0v) is 11.8. The van der Waals surface area contributed by atoms with Crippen LogP contribution in [0.2, 0.25) is 0 Å². The largest absolute Gasteiger partial charge is 0.325 e. The smallest absolute Gasteiger partial charge is 0.237 e. The van der Waals surface area contributed by atoms with Gasteiger partial charge in [0.15, 0.2) is 0 Å². The lowest BCUT2D eigenvalue weighted by atomic mass is 10.3. The number of aliphatic imine (C=N–C) groups is 1.